The minimum Gasteiger partial charge on any atom is -0.492 e. The first-order valence-corrected chi connectivity index (χ1v) is 6.86. The maximum absolute atomic E-state index is 5.77. The molecule has 0 saturated heterocycles. The maximum atomic E-state index is 5.77. The first-order valence-electron chi connectivity index (χ1n) is 6.86. The lowest BCUT2D eigenvalue weighted by Crippen LogP contribution is -2.38. The predicted molar refractivity (Wildman–Crippen MR) is 78.4 cm³/mol. The number of nitrogens with zero attached hydrogens (tertiary/aromatic N) is 1. The molecule has 4 heteroatoms. The molecule has 0 aliphatic carbocycles. The Labute approximate surface area is 116 Å². The van der Waals surface area contributed by atoms with Crippen LogP contribution >= 0.6 is 0 Å². The molecule has 0 heterocycles. The summed E-state index contributed by atoms with van der Waals surface area (Å²) in [5, 5.41) is 0. The lowest BCUT2D eigenvalue weighted by molar-refractivity contribution is 0.0920. The standard InChI is InChI=1S/C15H26N2O2/c1-4-17(13(2)12-18-3)8-9-19-15-7-5-6-14(10-15)11-16/h5-7,10,13H,4,8-9,11-12,16H2,1-3H3. The van der Waals surface area contributed by atoms with Gasteiger partial charge in [-0.25, -0.2) is 0 Å². The first-order chi connectivity index (χ1) is 9.21. The molecule has 1 unspecified atom stereocenters. The molecular weight excluding hydrogens is 240 g/mol. The van der Waals surface area contributed by atoms with Gasteiger partial charge in [-0.15, -0.1) is 0 Å². The Morgan fingerprint density at radius 2 is 2.16 bits per heavy atom. The predicted octanol–water partition coefficient (Wildman–Crippen LogP) is 1.88. The highest BCUT2D eigenvalue weighted by Gasteiger charge is 2.11. The second-order valence-corrected chi connectivity index (χ2v) is 4.63. The molecule has 0 fully saturated rings. The summed E-state index contributed by atoms with van der Waals surface area (Å²) in [5.41, 5.74) is 6.71. The van der Waals surface area contributed by atoms with Gasteiger partial charge in [0.15, 0.2) is 0 Å². The third-order valence-corrected chi connectivity index (χ3v) is 3.22. The van der Waals surface area contributed by atoms with Crippen LogP contribution in [0.3, 0.4) is 0 Å². The van der Waals surface area contributed by atoms with Crippen LogP contribution in [0.1, 0.15) is 19.4 Å². The van der Waals surface area contributed by atoms with Gasteiger partial charge in [0.25, 0.3) is 0 Å². The molecule has 4 nitrogen and oxygen atoms in total. The Kier molecular flexibility index (Phi) is 7.48. The fourth-order valence-corrected chi connectivity index (χ4v) is 2.08. The molecule has 1 aromatic rings. The number of hydrogen-bond acceptors (Lipinski definition) is 4. The van der Waals surface area contributed by atoms with Crippen molar-refractivity contribution in [3.05, 3.63) is 29.8 Å². The summed E-state index contributed by atoms with van der Waals surface area (Å²) < 4.78 is 11.0. The van der Waals surface area contributed by atoms with Crippen LogP contribution in [0.2, 0.25) is 0 Å². The Morgan fingerprint density at radius 1 is 1.37 bits per heavy atom. The number of rotatable bonds is 9. The van der Waals surface area contributed by atoms with E-state index in [2.05, 4.69) is 18.7 Å². The molecule has 0 amide bonds. The van der Waals surface area contributed by atoms with Gasteiger partial charge in [0.2, 0.25) is 0 Å². The summed E-state index contributed by atoms with van der Waals surface area (Å²) in [5.74, 6) is 0.887. The van der Waals surface area contributed by atoms with Crippen LogP contribution < -0.4 is 10.5 Å². The lowest BCUT2D eigenvalue weighted by atomic mass is 10.2. The van der Waals surface area contributed by atoms with Crippen LogP contribution in [-0.4, -0.2) is 44.4 Å². The lowest BCUT2D eigenvalue weighted by Gasteiger charge is -2.27. The molecule has 0 bridgehead atoms. The van der Waals surface area contributed by atoms with Crippen LogP contribution in [0.15, 0.2) is 24.3 Å². The number of nitrogens with two attached hydrogens (primary N) is 1. The molecule has 1 aromatic carbocycles. The molecule has 1 atom stereocenters. The number of ether oxygens (including phenoxy) is 2. The van der Waals surface area contributed by atoms with Gasteiger partial charge in [0.1, 0.15) is 12.4 Å². The largest absolute Gasteiger partial charge is 0.492 e. The number of hydrogen-bond donors (Lipinski definition) is 1. The number of methoxy groups -OCH3 is 1. The van der Waals surface area contributed by atoms with Crippen LogP contribution in [0.5, 0.6) is 5.75 Å². The minimum absolute atomic E-state index is 0.411. The molecule has 2 N–H and O–H groups in total. The zero-order valence-electron chi connectivity index (χ0n) is 12.3. The molecule has 0 saturated carbocycles. The van der Waals surface area contributed by atoms with Gasteiger partial charge in [-0.2, -0.15) is 0 Å². The van der Waals surface area contributed by atoms with Gasteiger partial charge in [-0.3, -0.25) is 4.90 Å². The molecule has 0 aromatic heterocycles. The zero-order valence-corrected chi connectivity index (χ0v) is 12.3. The minimum atomic E-state index is 0.411. The van der Waals surface area contributed by atoms with E-state index in [-0.39, 0.29) is 0 Å². The van der Waals surface area contributed by atoms with Gasteiger partial charge in [-0.1, -0.05) is 19.1 Å². The van der Waals surface area contributed by atoms with Gasteiger partial charge in [0, 0.05) is 26.2 Å². The molecule has 108 valence electrons. The van der Waals surface area contributed by atoms with E-state index in [0.29, 0.717) is 19.2 Å². The van der Waals surface area contributed by atoms with Crippen molar-refractivity contribution in [3.63, 3.8) is 0 Å². The Morgan fingerprint density at radius 3 is 2.79 bits per heavy atom. The summed E-state index contributed by atoms with van der Waals surface area (Å²) in [6, 6.07) is 8.35. The van der Waals surface area contributed by atoms with E-state index in [9.17, 15) is 0 Å². The smallest absolute Gasteiger partial charge is 0.119 e. The van der Waals surface area contributed by atoms with Crippen LogP contribution in [0.25, 0.3) is 0 Å². The highest BCUT2D eigenvalue weighted by Crippen LogP contribution is 2.13. The second kappa shape index (κ2) is 8.91. The fraction of sp³-hybridized carbons (Fsp3) is 0.600. The molecule has 1 rings (SSSR count). The van der Waals surface area contributed by atoms with Crippen LogP contribution in [-0.2, 0) is 11.3 Å². The highest BCUT2D eigenvalue weighted by atomic mass is 16.5. The summed E-state index contributed by atoms with van der Waals surface area (Å²) in [7, 11) is 1.74. The van der Waals surface area contributed by atoms with Gasteiger partial charge >= 0.3 is 0 Å². The topological polar surface area (TPSA) is 47.7 Å². The van der Waals surface area contributed by atoms with Gasteiger partial charge in [0.05, 0.1) is 6.61 Å². The van der Waals surface area contributed by atoms with Crippen LogP contribution in [0, 0.1) is 0 Å². The zero-order chi connectivity index (χ0) is 14.1. The first kappa shape index (κ1) is 16.0. The molecule has 0 radical (unpaired) electrons. The Balaban J connectivity index is 2.39. The Bertz CT molecular complexity index is 358. The summed E-state index contributed by atoms with van der Waals surface area (Å²) in [6.07, 6.45) is 0. The van der Waals surface area contributed by atoms with Crippen LogP contribution in [0.4, 0.5) is 0 Å². The van der Waals surface area contributed by atoms with Crippen molar-refractivity contribution in [3.8, 4) is 5.75 Å². The van der Waals surface area contributed by atoms with E-state index in [0.717, 1.165) is 31.0 Å². The van der Waals surface area contributed by atoms with Crippen molar-refractivity contribution in [1.82, 2.24) is 4.90 Å². The average molecular weight is 266 g/mol. The molecule has 0 spiro atoms. The average Bonchev–Trinajstić information content (AvgIpc) is 2.44. The van der Waals surface area contributed by atoms with E-state index in [4.69, 9.17) is 15.2 Å². The second-order valence-electron chi connectivity index (χ2n) is 4.63. The normalized spacial score (nSPS) is 12.7. The quantitative estimate of drug-likeness (QED) is 0.741. The third-order valence-electron chi connectivity index (χ3n) is 3.22. The van der Waals surface area contributed by atoms with Crippen molar-refractivity contribution in [1.29, 1.82) is 0 Å². The molecule has 19 heavy (non-hydrogen) atoms. The number of likely N-dealkylation sites (N-methyl/N-ethyl adjacent to an activating group) is 1. The van der Waals surface area contributed by atoms with Crippen molar-refractivity contribution >= 4 is 0 Å². The SMILES string of the molecule is CCN(CCOc1cccc(CN)c1)C(C)COC. The van der Waals surface area contributed by atoms with E-state index in [1.54, 1.807) is 7.11 Å². The maximum Gasteiger partial charge on any atom is 0.119 e. The summed E-state index contributed by atoms with van der Waals surface area (Å²) in [4.78, 5) is 2.34. The van der Waals surface area contributed by atoms with Crippen molar-refractivity contribution < 1.29 is 9.47 Å². The van der Waals surface area contributed by atoms with E-state index < -0.39 is 0 Å². The number of benzene rings is 1. The van der Waals surface area contributed by atoms with Gasteiger partial charge < -0.3 is 15.2 Å². The van der Waals surface area contributed by atoms with Crippen molar-refractivity contribution in [2.24, 2.45) is 5.73 Å². The van der Waals surface area contributed by atoms with Crippen molar-refractivity contribution in [2.75, 3.05) is 33.4 Å². The third kappa shape index (κ3) is 5.59. The highest BCUT2D eigenvalue weighted by molar-refractivity contribution is 5.28. The molecule has 0 aliphatic heterocycles. The fourth-order valence-electron chi connectivity index (χ4n) is 2.08. The summed E-state index contributed by atoms with van der Waals surface area (Å²) in [6.45, 7) is 8.18. The monoisotopic (exact) mass is 266 g/mol. The van der Waals surface area contributed by atoms with E-state index in [1.807, 2.05) is 24.3 Å². The molecule has 0 aliphatic rings. The Hall–Kier alpha value is -1.10. The van der Waals surface area contributed by atoms with Crippen molar-refractivity contribution in [2.45, 2.75) is 26.4 Å². The molecular formula is C15H26N2O2. The van der Waals surface area contributed by atoms with E-state index >= 15 is 0 Å². The van der Waals surface area contributed by atoms with E-state index in [1.165, 1.54) is 0 Å². The van der Waals surface area contributed by atoms with Gasteiger partial charge in [-0.05, 0) is 31.2 Å². The summed E-state index contributed by atoms with van der Waals surface area (Å²) >= 11 is 0.